The molecule has 0 unspecified atom stereocenters. The first-order valence-corrected chi connectivity index (χ1v) is 5.73. The number of aryl methyl sites for hydroxylation is 1. The molecule has 0 bridgehead atoms. The summed E-state index contributed by atoms with van der Waals surface area (Å²) in [6, 6.07) is 8.52. The standard InChI is InChI=1S/C13H12ClN3O/c1-8-2-3-9(15)6-11(8)13(18)17-10-4-5-12(14)16-7-10/h2-7H,15H2,1H3,(H,17,18). The van der Waals surface area contributed by atoms with E-state index in [1.165, 1.54) is 6.20 Å². The van der Waals surface area contributed by atoms with Crippen LogP contribution >= 0.6 is 11.6 Å². The van der Waals surface area contributed by atoms with Crippen LogP contribution in [0.1, 0.15) is 15.9 Å². The Hall–Kier alpha value is -2.07. The van der Waals surface area contributed by atoms with Gasteiger partial charge in [0.1, 0.15) is 5.15 Å². The van der Waals surface area contributed by atoms with Crippen LogP contribution in [-0.4, -0.2) is 10.9 Å². The molecule has 1 aromatic heterocycles. The minimum atomic E-state index is -0.219. The molecular weight excluding hydrogens is 250 g/mol. The molecular formula is C13H12ClN3O. The molecule has 0 spiro atoms. The SMILES string of the molecule is Cc1ccc(N)cc1C(=O)Nc1ccc(Cl)nc1. The predicted molar refractivity (Wildman–Crippen MR) is 72.8 cm³/mol. The Morgan fingerprint density at radius 3 is 2.78 bits per heavy atom. The van der Waals surface area contributed by atoms with Crippen molar-refractivity contribution in [3.8, 4) is 0 Å². The molecule has 1 amide bonds. The Balaban J connectivity index is 2.21. The molecule has 1 heterocycles. The second-order valence-electron chi connectivity index (χ2n) is 3.90. The van der Waals surface area contributed by atoms with Crippen molar-refractivity contribution in [3.05, 3.63) is 52.8 Å². The molecule has 92 valence electrons. The molecule has 1 aromatic carbocycles. The topological polar surface area (TPSA) is 68.0 Å². The Labute approximate surface area is 110 Å². The summed E-state index contributed by atoms with van der Waals surface area (Å²) in [5.41, 5.74) is 8.22. The van der Waals surface area contributed by atoms with E-state index in [0.717, 1.165) is 5.56 Å². The number of carbonyl (C=O) groups is 1. The maximum atomic E-state index is 12.0. The highest BCUT2D eigenvalue weighted by Gasteiger charge is 2.09. The van der Waals surface area contributed by atoms with E-state index in [9.17, 15) is 4.79 Å². The van der Waals surface area contributed by atoms with Crippen LogP contribution in [0.25, 0.3) is 0 Å². The first-order valence-electron chi connectivity index (χ1n) is 5.35. The van der Waals surface area contributed by atoms with Gasteiger partial charge < -0.3 is 11.1 Å². The number of anilines is 2. The quantitative estimate of drug-likeness (QED) is 0.645. The van der Waals surface area contributed by atoms with Crippen molar-refractivity contribution in [3.63, 3.8) is 0 Å². The van der Waals surface area contributed by atoms with Gasteiger partial charge in [-0.1, -0.05) is 17.7 Å². The molecule has 0 saturated carbocycles. The summed E-state index contributed by atoms with van der Waals surface area (Å²) in [5, 5.41) is 3.12. The molecule has 0 radical (unpaired) electrons. The van der Waals surface area contributed by atoms with E-state index in [0.29, 0.717) is 22.1 Å². The van der Waals surface area contributed by atoms with Crippen LogP contribution in [0.2, 0.25) is 5.15 Å². The fourth-order valence-corrected chi connectivity index (χ4v) is 1.64. The number of halogens is 1. The Morgan fingerprint density at radius 2 is 2.11 bits per heavy atom. The van der Waals surface area contributed by atoms with Crippen molar-refractivity contribution in [2.24, 2.45) is 0 Å². The van der Waals surface area contributed by atoms with Gasteiger partial charge in [-0.3, -0.25) is 4.79 Å². The van der Waals surface area contributed by atoms with Gasteiger partial charge in [-0.05, 0) is 36.8 Å². The monoisotopic (exact) mass is 261 g/mol. The van der Waals surface area contributed by atoms with Gasteiger partial charge in [0.15, 0.2) is 0 Å². The number of nitrogens with two attached hydrogens (primary N) is 1. The second kappa shape index (κ2) is 5.06. The predicted octanol–water partition coefficient (Wildman–Crippen LogP) is 2.88. The summed E-state index contributed by atoms with van der Waals surface area (Å²) in [5.74, 6) is -0.219. The van der Waals surface area contributed by atoms with Crippen molar-refractivity contribution in [1.29, 1.82) is 0 Å². The van der Waals surface area contributed by atoms with Crippen LogP contribution in [0.3, 0.4) is 0 Å². The van der Waals surface area contributed by atoms with Crippen LogP contribution in [0, 0.1) is 6.92 Å². The molecule has 2 rings (SSSR count). The number of nitrogen functional groups attached to an aromatic ring is 1. The third-order valence-corrected chi connectivity index (χ3v) is 2.72. The fraction of sp³-hybridized carbons (Fsp3) is 0.0769. The van der Waals surface area contributed by atoms with Gasteiger partial charge in [-0.2, -0.15) is 0 Å². The lowest BCUT2D eigenvalue weighted by molar-refractivity contribution is 0.102. The highest BCUT2D eigenvalue weighted by Crippen LogP contribution is 2.16. The number of pyridine rings is 1. The molecule has 0 aliphatic rings. The fourth-order valence-electron chi connectivity index (χ4n) is 1.53. The minimum Gasteiger partial charge on any atom is -0.399 e. The summed E-state index contributed by atoms with van der Waals surface area (Å²) in [7, 11) is 0. The maximum Gasteiger partial charge on any atom is 0.256 e. The van der Waals surface area contributed by atoms with Crippen LogP contribution < -0.4 is 11.1 Å². The average molecular weight is 262 g/mol. The molecule has 2 aromatic rings. The number of nitrogens with one attached hydrogen (secondary N) is 1. The summed E-state index contributed by atoms with van der Waals surface area (Å²) in [4.78, 5) is 15.9. The van der Waals surface area contributed by atoms with Crippen molar-refractivity contribution >= 4 is 28.9 Å². The number of amides is 1. The lowest BCUT2D eigenvalue weighted by Gasteiger charge is -2.08. The number of nitrogens with zero attached hydrogens (tertiary/aromatic N) is 1. The molecule has 4 nitrogen and oxygen atoms in total. The summed E-state index contributed by atoms with van der Waals surface area (Å²) >= 11 is 5.67. The van der Waals surface area contributed by atoms with Crippen molar-refractivity contribution in [2.75, 3.05) is 11.1 Å². The molecule has 3 N–H and O–H groups in total. The van der Waals surface area contributed by atoms with Gasteiger partial charge in [-0.25, -0.2) is 4.98 Å². The summed E-state index contributed by atoms with van der Waals surface area (Å²) < 4.78 is 0. The first kappa shape index (κ1) is 12.4. The lowest BCUT2D eigenvalue weighted by atomic mass is 10.1. The maximum absolute atomic E-state index is 12.0. The summed E-state index contributed by atoms with van der Waals surface area (Å²) in [6.45, 7) is 1.86. The van der Waals surface area contributed by atoms with Crippen LogP contribution in [0.4, 0.5) is 11.4 Å². The molecule has 0 atom stereocenters. The van der Waals surface area contributed by atoms with Gasteiger partial charge in [-0.15, -0.1) is 0 Å². The molecule has 18 heavy (non-hydrogen) atoms. The third-order valence-electron chi connectivity index (χ3n) is 2.49. The highest BCUT2D eigenvalue weighted by molar-refractivity contribution is 6.29. The lowest BCUT2D eigenvalue weighted by Crippen LogP contribution is -2.13. The van der Waals surface area contributed by atoms with Gasteiger partial charge in [0, 0.05) is 11.3 Å². The average Bonchev–Trinajstić information content (AvgIpc) is 2.35. The number of carbonyl (C=O) groups excluding carboxylic acids is 1. The Morgan fingerprint density at radius 1 is 1.33 bits per heavy atom. The molecule has 0 aliphatic carbocycles. The zero-order chi connectivity index (χ0) is 13.1. The minimum absolute atomic E-state index is 0.219. The van der Waals surface area contributed by atoms with Crippen molar-refractivity contribution in [1.82, 2.24) is 4.98 Å². The normalized spacial score (nSPS) is 10.1. The van der Waals surface area contributed by atoms with Crippen LogP contribution in [-0.2, 0) is 0 Å². The Bertz CT molecular complexity index is 581. The van der Waals surface area contributed by atoms with E-state index in [-0.39, 0.29) is 5.91 Å². The van der Waals surface area contributed by atoms with E-state index in [2.05, 4.69) is 10.3 Å². The summed E-state index contributed by atoms with van der Waals surface area (Å²) in [6.07, 6.45) is 1.50. The molecule has 0 saturated heterocycles. The number of benzene rings is 1. The van der Waals surface area contributed by atoms with E-state index < -0.39 is 0 Å². The van der Waals surface area contributed by atoms with Gasteiger partial charge in [0.2, 0.25) is 0 Å². The van der Waals surface area contributed by atoms with Gasteiger partial charge in [0.25, 0.3) is 5.91 Å². The smallest absolute Gasteiger partial charge is 0.256 e. The largest absolute Gasteiger partial charge is 0.399 e. The van der Waals surface area contributed by atoms with Crippen LogP contribution in [0.5, 0.6) is 0 Å². The number of hydrogen-bond donors (Lipinski definition) is 2. The Kier molecular flexibility index (Phi) is 3.48. The van der Waals surface area contributed by atoms with E-state index in [4.69, 9.17) is 17.3 Å². The van der Waals surface area contributed by atoms with E-state index in [1.807, 2.05) is 13.0 Å². The molecule has 5 heteroatoms. The van der Waals surface area contributed by atoms with E-state index in [1.54, 1.807) is 24.3 Å². The zero-order valence-electron chi connectivity index (χ0n) is 9.77. The second-order valence-corrected chi connectivity index (χ2v) is 4.29. The third kappa shape index (κ3) is 2.78. The number of rotatable bonds is 2. The van der Waals surface area contributed by atoms with Crippen LogP contribution in [0.15, 0.2) is 36.5 Å². The molecule has 0 fully saturated rings. The van der Waals surface area contributed by atoms with Crippen molar-refractivity contribution < 1.29 is 4.79 Å². The number of aromatic nitrogens is 1. The molecule has 0 aliphatic heterocycles. The van der Waals surface area contributed by atoms with Crippen molar-refractivity contribution in [2.45, 2.75) is 6.92 Å². The van der Waals surface area contributed by atoms with E-state index >= 15 is 0 Å². The number of hydrogen-bond acceptors (Lipinski definition) is 3. The van der Waals surface area contributed by atoms with Gasteiger partial charge >= 0.3 is 0 Å². The first-order chi connectivity index (χ1) is 8.56. The highest BCUT2D eigenvalue weighted by atomic mass is 35.5. The zero-order valence-corrected chi connectivity index (χ0v) is 10.5. The van der Waals surface area contributed by atoms with Gasteiger partial charge in [0.05, 0.1) is 11.9 Å².